The molecule has 1 saturated carbocycles. The predicted molar refractivity (Wildman–Crippen MR) is 106 cm³/mol. The summed E-state index contributed by atoms with van der Waals surface area (Å²) in [6, 6.07) is 4.22. The zero-order valence-corrected chi connectivity index (χ0v) is 16.5. The number of aryl methyl sites for hydroxylation is 2. The van der Waals surface area contributed by atoms with E-state index in [9.17, 15) is 4.79 Å². The van der Waals surface area contributed by atoms with E-state index in [2.05, 4.69) is 15.2 Å². The van der Waals surface area contributed by atoms with E-state index in [4.69, 9.17) is 0 Å². The van der Waals surface area contributed by atoms with E-state index in [1.165, 1.54) is 42.4 Å². The lowest BCUT2D eigenvalue weighted by atomic mass is 9.94. The van der Waals surface area contributed by atoms with Gasteiger partial charge >= 0.3 is 0 Å². The van der Waals surface area contributed by atoms with Crippen molar-refractivity contribution in [3.8, 4) is 0 Å². The summed E-state index contributed by atoms with van der Waals surface area (Å²) in [4.78, 5) is 20.5. The van der Waals surface area contributed by atoms with Gasteiger partial charge in [-0.25, -0.2) is 0 Å². The molecule has 1 saturated heterocycles. The molecule has 0 atom stereocenters. The lowest BCUT2D eigenvalue weighted by Crippen LogP contribution is -2.40. The molecule has 2 aromatic rings. The smallest absolute Gasteiger partial charge is 0.267 e. The monoisotopic (exact) mass is 387 g/mol. The molecule has 0 aromatic carbocycles. The molecule has 4 rings (SSSR count). The van der Waals surface area contributed by atoms with Gasteiger partial charge in [0.2, 0.25) is 5.13 Å². The minimum Gasteiger partial charge on any atom is -0.351 e. The molecule has 2 fully saturated rings. The van der Waals surface area contributed by atoms with Crippen molar-refractivity contribution in [1.82, 2.24) is 19.7 Å². The van der Waals surface area contributed by atoms with Crippen LogP contribution in [0.2, 0.25) is 0 Å². The lowest BCUT2D eigenvalue weighted by molar-refractivity contribution is -0.124. The van der Waals surface area contributed by atoms with Crippen molar-refractivity contribution in [3.63, 3.8) is 0 Å². The van der Waals surface area contributed by atoms with E-state index in [-0.39, 0.29) is 11.9 Å². The van der Waals surface area contributed by atoms with Gasteiger partial charge in [-0.15, -0.1) is 10.2 Å². The minimum atomic E-state index is 0.0584. The summed E-state index contributed by atoms with van der Waals surface area (Å²) < 4.78 is 2.01. The first-order valence-electron chi connectivity index (χ1n) is 8.85. The molecule has 0 radical (unpaired) electrons. The SMILES string of the molecule is Cc1nnc(/N=C2/S/C(=C/c3cccn3C)C(=O)N2C2CCCCC2)s1. The summed E-state index contributed by atoms with van der Waals surface area (Å²) in [5.41, 5.74) is 1.01. The Balaban J connectivity index is 1.70. The fourth-order valence-corrected chi connectivity index (χ4v) is 5.04. The molecule has 6 nitrogen and oxygen atoms in total. The van der Waals surface area contributed by atoms with Gasteiger partial charge in [-0.3, -0.25) is 9.69 Å². The average molecular weight is 388 g/mol. The number of nitrogens with zero attached hydrogens (tertiary/aromatic N) is 5. The number of hydrogen-bond donors (Lipinski definition) is 0. The van der Waals surface area contributed by atoms with Crippen LogP contribution in [-0.2, 0) is 11.8 Å². The van der Waals surface area contributed by atoms with Crippen molar-refractivity contribution in [1.29, 1.82) is 0 Å². The number of thioether (sulfide) groups is 1. The molecule has 8 heteroatoms. The Kier molecular flexibility index (Phi) is 4.95. The van der Waals surface area contributed by atoms with E-state index >= 15 is 0 Å². The predicted octanol–water partition coefficient (Wildman–Crippen LogP) is 4.12. The lowest BCUT2D eigenvalue weighted by Gasteiger charge is -2.30. The largest absolute Gasteiger partial charge is 0.351 e. The molecule has 0 unspecified atom stereocenters. The van der Waals surface area contributed by atoms with Crippen LogP contribution in [0.4, 0.5) is 5.13 Å². The Hall–Kier alpha value is -1.93. The number of aliphatic imine (C=N–C) groups is 1. The number of aromatic nitrogens is 3. The number of carbonyl (C=O) groups is 1. The topological polar surface area (TPSA) is 63.4 Å². The van der Waals surface area contributed by atoms with Gasteiger partial charge in [0.25, 0.3) is 5.91 Å². The summed E-state index contributed by atoms with van der Waals surface area (Å²) in [5, 5.41) is 10.4. The Bertz CT molecular complexity index is 876. The molecule has 1 aliphatic carbocycles. The van der Waals surface area contributed by atoms with Crippen molar-refractivity contribution in [2.45, 2.75) is 45.1 Å². The number of amides is 1. The quantitative estimate of drug-likeness (QED) is 0.743. The van der Waals surface area contributed by atoms with Crippen molar-refractivity contribution < 1.29 is 4.79 Å². The van der Waals surface area contributed by atoms with E-state index in [0.717, 1.165) is 33.6 Å². The van der Waals surface area contributed by atoms with Crippen LogP contribution in [0, 0.1) is 6.92 Å². The number of amidine groups is 1. The molecule has 0 N–H and O–H groups in total. The standard InChI is InChI=1S/C18H21N5OS2/c1-12-20-21-17(25-12)19-18-23(13-7-4-3-5-8-13)16(24)15(26-18)11-14-9-6-10-22(14)2/h6,9-11,13H,3-5,7-8H2,1-2H3/b15-11+,19-18+. The fourth-order valence-electron chi connectivity index (χ4n) is 3.40. The molecular weight excluding hydrogens is 366 g/mol. The van der Waals surface area contributed by atoms with Crippen molar-refractivity contribution in [2.24, 2.45) is 12.0 Å². The van der Waals surface area contributed by atoms with Crippen LogP contribution in [0.5, 0.6) is 0 Å². The second-order valence-corrected chi connectivity index (χ2v) is 8.79. The molecule has 1 aliphatic heterocycles. The fraction of sp³-hybridized carbons (Fsp3) is 0.444. The number of carbonyl (C=O) groups excluding carboxylic acids is 1. The van der Waals surface area contributed by atoms with Crippen LogP contribution in [0.1, 0.15) is 42.8 Å². The zero-order chi connectivity index (χ0) is 18.1. The molecule has 2 aliphatic rings. The summed E-state index contributed by atoms with van der Waals surface area (Å²) in [5.74, 6) is 0.0584. The molecule has 136 valence electrons. The highest BCUT2D eigenvalue weighted by Crippen LogP contribution is 2.38. The molecule has 26 heavy (non-hydrogen) atoms. The van der Waals surface area contributed by atoms with Crippen LogP contribution in [0.3, 0.4) is 0 Å². The van der Waals surface area contributed by atoms with Gasteiger partial charge in [-0.1, -0.05) is 30.6 Å². The first-order valence-corrected chi connectivity index (χ1v) is 10.5. The molecule has 3 heterocycles. The Labute approximate surface area is 161 Å². The van der Waals surface area contributed by atoms with Crippen molar-refractivity contribution in [2.75, 3.05) is 0 Å². The maximum absolute atomic E-state index is 13.2. The van der Waals surface area contributed by atoms with Crippen LogP contribution in [0.25, 0.3) is 6.08 Å². The van der Waals surface area contributed by atoms with E-state index < -0.39 is 0 Å². The summed E-state index contributed by atoms with van der Waals surface area (Å²) in [7, 11) is 1.98. The van der Waals surface area contributed by atoms with E-state index in [1.54, 1.807) is 0 Å². The van der Waals surface area contributed by atoms with Gasteiger partial charge < -0.3 is 4.57 Å². The van der Waals surface area contributed by atoms with E-state index in [1.807, 2.05) is 47.8 Å². The Morgan fingerprint density at radius 3 is 2.73 bits per heavy atom. The molecular formula is C18H21N5OS2. The minimum absolute atomic E-state index is 0.0584. The highest BCUT2D eigenvalue weighted by atomic mass is 32.2. The molecule has 1 amide bonds. The summed E-state index contributed by atoms with van der Waals surface area (Å²) in [6.45, 7) is 1.91. The van der Waals surface area contributed by atoms with Crippen LogP contribution in [0.15, 0.2) is 28.2 Å². The third-order valence-corrected chi connectivity index (χ3v) is 6.46. The maximum atomic E-state index is 13.2. The van der Waals surface area contributed by atoms with Crippen LogP contribution in [-0.4, -0.2) is 36.8 Å². The van der Waals surface area contributed by atoms with Crippen molar-refractivity contribution >= 4 is 45.4 Å². The van der Waals surface area contributed by atoms with Gasteiger partial charge in [0, 0.05) is 25.0 Å². The molecule has 0 bridgehead atoms. The number of rotatable bonds is 3. The first kappa shape index (κ1) is 17.5. The van der Waals surface area contributed by atoms with Gasteiger partial charge in [-0.05, 0) is 49.7 Å². The normalized spacial score (nSPS) is 22.1. The van der Waals surface area contributed by atoms with E-state index in [0.29, 0.717) is 5.13 Å². The maximum Gasteiger partial charge on any atom is 0.267 e. The highest BCUT2D eigenvalue weighted by Gasteiger charge is 2.39. The van der Waals surface area contributed by atoms with Crippen molar-refractivity contribution in [3.05, 3.63) is 33.9 Å². The second kappa shape index (κ2) is 7.36. The van der Waals surface area contributed by atoms with Gasteiger partial charge in [0.15, 0.2) is 5.17 Å². The Morgan fingerprint density at radius 1 is 1.27 bits per heavy atom. The summed E-state index contributed by atoms with van der Waals surface area (Å²) >= 11 is 2.89. The van der Waals surface area contributed by atoms with Crippen LogP contribution >= 0.6 is 23.1 Å². The van der Waals surface area contributed by atoms with Gasteiger partial charge in [-0.2, -0.15) is 4.99 Å². The second-order valence-electron chi connectivity index (χ2n) is 6.62. The third-order valence-electron chi connectivity index (χ3n) is 4.75. The van der Waals surface area contributed by atoms with Gasteiger partial charge in [0.1, 0.15) is 5.01 Å². The molecule has 0 spiro atoms. The molecule has 2 aromatic heterocycles. The summed E-state index contributed by atoms with van der Waals surface area (Å²) in [6.07, 6.45) is 9.60. The first-order chi connectivity index (χ1) is 12.6. The third kappa shape index (κ3) is 3.48. The zero-order valence-electron chi connectivity index (χ0n) is 14.9. The highest BCUT2D eigenvalue weighted by molar-refractivity contribution is 8.18. The Morgan fingerprint density at radius 2 is 2.08 bits per heavy atom. The average Bonchev–Trinajstić information content (AvgIpc) is 3.31. The van der Waals surface area contributed by atoms with Crippen LogP contribution < -0.4 is 0 Å². The van der Waals surface area contributed by atoms with Gasteiger partial charge in [0.05, 0.1) is 4.91 Å². The number of hydrogen-bond acceptors (Lipinski definition) is 6.